The lowest BCUT2D eigenvalue weighted by molar-refractivity contribution is -0.141. The molecule has 0 N–H and O–H groups in total. The molecular weight excluding hydrogens is 236 g/mol. The molecule has 0 spiro atoms. The minimum absolute atomic E-state index is 0.0581. The first-order valence-electron chi connectivity index (χ1n) is 8.51. The van der Waals surface area contributed by atoms with E-state index in [1.54, 1.807) is 0 Å². The first-order chi connectivity index (χ1) is 9.33. The van der Waals surface area contributed by atoms with Crippen molar-refractivity contribution in [3.8, 4) is 0 Å². The number of ketones is 1. The summed E-state index contributed by atoms with van der Waals surface area (Å²) in [6, 6.07) is 0. The Morgan fingerprint density at radius 3 is 2.47 bits per heavy atom. The largest absolute Gasteiger partial charge is 0.367 e. The number of carbonyl (C=O) groups is 1. The van der Waals surface area contributed by atoms with E-state index in [0.717, 1.165) is 31.1 Å². The summed E-state index contributed by atoms with van der Waals surface area (Å²) < 4.78 is 6.31. The molecule has 0 aromatic carbocycles. The number of hydrogen-bond donors (Lipinski definition) is 0. The second kappa shape index (κ2) is 6.39. The molecule has 4 unspecified atom stereocenters. The van der Waals surface area contributed by atoms with Crippen molar-refractivity contribution in [3.05, 3.63) is 0 Å². The molecule has 2 nitrogen and oxygen atoms in total. The molecule has 0 aliphatic heterocycles. The van der Waals surface area contributed by atoms with Crippen molar-refractivity contribution in [2.75, 3.05) is 0 Å². The van der Waals surface area contributed by atoms with Crippen LogP contribution in [0.15, 0.2) is 0 Å². The summed E-state index contributed by atoms with van der Waals surface area (Å²) in [5.41, 5.74) is 0. The van der Waals surface area contributed by atoms with Gasteiger partial charge in [0, 0.05) is 6.42 Å². The second-order valence-electron chi connectivity index (χ2n) is 6.94. The van der Waals surface area contributed by atoms with Crippen LogP contribution in [0.3, 0.4) is 0 Å². The molecule has 3 rings (SSSR count). The highest BCUT2D eigenvalue weighted by Crippen LogP contribution is 2.38. The van der Waals surface area contributed by atoms with E-state index in [0.29, 0.717) is 11.9 Å². The van der Waals surface area contributed by atoms with Crippen LogP contribution in [0.1, 0.15) is 77.0 Å². The molecule has 4 atom stereocenters. The Kier molecular flexibility index (Phi) is 4.57. The minimum atomic E-state index is -0.0581. The van der Waals surface area contributed by atoms with Gasteiger partial charge in [-0.1, -0.05) is 32.1 Å². The highest BCUT2D eigenvalue weighted by Gasteiger charge is 2.33. The Morgan fingerprint density at radius 2 is 1.63 bits per heavy atom. The van der Waals surface area contributed by atoms with E-state index in [1.165, 1.54) is 57.8 Å². The standard InChI is InChI=1S/C17H28O2/c18-15-8-1-2-9-17(15)19-16-10-4-6-13-5-3-7-14(16)12-11-13/h13-14,16-17H,1-12H2. The van der Waals surface area contributed by atoms with E-state index >= 15 is 0 Å². The zero-order chi connectivity index (χ0) is 13.1. The molecule has 3 saturated carbocycles. The maximum absolute atomic E-state index is 12.0. The van der Waals surface area contributed by atoms with Crippen molar-refractivity contribution < 1.29 is 9.53 Å². The van der Waals surface area contributed by atoms with Gasteiger partial charge in [-0.05, 0) is 50.4 Å². The summed E-state index contributed by atoms with van der Waals surface area (Å²) in [6.45, 7) is 0. The lowest BCUT2D eigenvalue weighted by Gasteiger charge is -2.33. The van der Waals surface area contributed by atoms with Crippen LogP contribution < -0.4 is 0 Å². The van der Waals surface area contributed by atoms with Gasteiger partial charge in [0.15, 0.2) is 5.78 Å². The summed E-state index contributed by atoms with van der Waals surface area (Å²) in [5.74, 6) is 2.10. The van der Waals surface area contributed by atoms with Crippen molar-refractivity contribution >= 4 is 5.78 Å². The van der Waals surface area contributed by atoms with Crippen LogP contribution in [0, 0.1) is 11.8 Å². The highest BCUT2D eigenvalue weighted by atomic mass is 16.5. The van der Waals surface area contributed by atoms with E-state index < -0.39 is 0 Å². The quantitative estimate of drug-likeness (QED) is 0.744. The fourth-order valence-corrected chi connectivity index (χ4v) is 4.40. The van der Waals surface area contributed by atoms with Crippen LogP contribution in [0.5, 0.6) is 0 Å². The predicted octanol–water partition coefficient (Wildman–Crippen LogP) is 4.26. The van der Waals surface area contributed by atoms with Crippen LogP contribution in [0.25, 0.3) is 0 Å². The molecule has 3 aliphatic rings. The van der Waals surface area contributed by atoms with Gasteiger partial charge in [-0.25, -0.2) is 0 Å². The number of fused-ring (bicyclic) bond motifs is 3. The normalized spacial score (nSPS) is 40.5. The minimum Gasteiger partial charge on any atom is -0.367 e. The van der Waals surface area contributed by atoms with E-state index in [1.807, 2.05) is 0 Å². The number of carbonyl (C=O) groups excluding carboxylic acids is 1. The van der Waals surface area contributed by atoms with E-state index in [-0.39, 0.29) is 6.10 Å². The summed E-state index contributed by atoms with van der Waals surface area (Å²) in [5, 5.41) is 0. The molecule has 19 heavy (non-hydrogen) atoms. The van der Waals surface area contributed by atoms with Crippen molar-refractivity contribution in [2.45, 2.75) is 89.3 Å². The summed E-state index contributed by atoms with van der Waals surface area (Å²) in [6.07, 6.45) is 15.1. The van der Waals surface area contributed by atoms with Crippen LogP contribution in [-0.2, 0) is 9.53 Å². The molecule has 0 aromatic heterocycles. The van der Waals surface area contributed by atoms with Crippen LogP contribution in [0.2, 0.25) is 0 Å². The van der Waals surface area contributed by atoms with Gasteiger partial charge in [0.25, 0.3) is 0 Å². The zero-order valence-electron chi connectivity index (χ0n) is 12.1. The third-order valence-electron chi connectivity index (χ3n) is 5.60. The van der Waals surface area contributed by atoms with Gasteiger partial charge in [-0.2, -0.15) is 0 Å². The van der Waals surface area contributed by atoms with Crippen LogP contribution in [-0.4, -0.2) is 18.0 Å². The Labute approximate surface area is 117 Å². The number of hydrogen-bond acceptors (Lipinski definition) is 2. The number of ether oxygens (including phenoxy) is 1. The van der Waals surface area contributed by atoms with E-state index in [4.69, 9.17) is 4.74 Å². The van der Waals surface area contributed by atoms with Crippen molar-refractivity contribution in [1.82, 2.24) is 0 Å². The molecule has 2 heteroatoms. The van der Waals surface area contributed by atoms with Gasteiger partial charge >= 0.3 is 0 Å². The molecule has 0 aromatic rings. The molecule has 0 saturated heterocycles. The van der Waals surface area contributed by atoms with Crippen LogP contribution >= 0.6 is 0 Å². The second-order valence-corrected chi connectivity index (χ2v) is 6.94. The van der Waals surface area contributed by atoms with Crippen molar-refractivity contribution in [2.24, 2.45) is 11.8 Å². The molecule has 2 bridgehead atoms. The topological polar surface area (TPSA) is 26.3 Å². The highest BCUT2D eigenvalue weighted by molar-refractivity contribution is 5.83. The van der Waals surface area contributed by atoms with Gasteiger partial charge < -0.3 is 4.74 Å². The maximum Gasteiger partial charge on any atom is 0.161 e. The molecule has 3 aliphatic carbocycles. The molecule has 0 heterocycles. The van der Waals surface area contributed by atoms with E-state index in [2.05, 4.69) is 0 Å². The van der Waals surface area contributed by atoms with Gasteiger partial charge in [0.05, 0.1) is 6.10 Å². The Bertz CT molecular complexity index is 312. The zero-order valence-corrected chi connectivity index (χ0v) is 12.1. The van der Waals surface area contributed by atoms with Crippen molar-refractivity contribution in [3.63, 3.8) is 0 Å². The van der Waals surface area contributed by atoms with E-state index in [9.17, 15) is 4.79 Å². The first kappa shape index (κ1) is 13.6. The Morgan fingerprint density at radius 1 is 0.789 bits per heavy atom. The average Bonchev–Trinajstić information content (AvgIpc) is 2.58. The van der Waals surface area contributed by atoms with Gasteiger partial charge in [0.1, 0.15) is 6.10 Å². The first-order valence-corrected chi connectivity index (χ1v) is 8.51. The molecule has 0 amide bonds. The monoisotopic (exact) mass is 264 g/mol. The lowest BCUT2D eigenvalue weighted by Crippen LogP contribution is -2.36. The third-order valence-corrected chi connectivity index (χ3v) is 5.60. The molecule has 3 fully saturated rings. The van der Waals surface area contributed by atoms with Gasteiger partial charge in [-0.3, -0.25) is 4.79 Å². The molecule has 108 valence electrons. The molecular formula is C17H28O2. The SMILES string of the molecule is O=C1CCCCC1OC1CCCC2CCCC1CC2. The van der Waals surface area contributed by atoms with Gasteiger partial charge in [-0.15, -0.1) is 0 Å². The van der Waals surface area contributed by atoms with Gasteiger partial charge in [0.2, 0.25) is 0 Å². The Hall–Kier alpha value is -0.370. The third kappa shape index (κ3) is 3.39. The smallest absolute Gasteiger partial charge is 0.161 e. The van der Waals surface area contributed by atoms with Crippen LogP contribution in [0.4, 0.5) is 0 Å². The lowest BCUT2D eigenvalue weighted by atomic mass is 9.85. The molecule has 0 radical (unpaired) electrons. The summed E-state index contributed by atoms with van der Waals surface area (Å²) >= 11 is 0. The predicted molar refractivity (Wildman–Crippen MR) is 76.1 cm³/mol. The fourth-order valence-electron chi connectivity index (χ4n) is 4.40. The fraction of sp³-hybridized carbons (Fsp3) is 0.941. The number of rotatable bonds is 2. The Balaban J connectivity index is 1.62. The summed E-state index contributed by atoms with van der Waals surface area (Å²) in [7, 11) is 0. The maximum atomic E-state index is 12.0. The average molecular weight is 264 g/mol. The number of Topliss-reactive ketones (excluding diaryl/α,β-unsaturated/α-hetero) is 1. The summed E-state index contributed by atoms with van der Waals surface area (Å²) in [4.78, 5) is 12.0. The van der Waals surface area contributed by atoms with Crippen molar-refractivity contribution in [1.29, 1.82) is 0 Å².